The Labute approximate surface area is 151 Å². The average Bonchev–Trinajstić information content (AvgIpc) is 3.24. The summed E-state index contributed by atoms with van der Waals surface area (Å²) in [6.45, 7) is 1.77. The van der Waals surface area contributed by atoms with Crippen LogP contribution in [0.1, 0.15) is 18.4 Å². The van der Waals surface area contributed by atoms with E-state index in [-0.39, 0.29) is 11.5 Å². The Kier molecular flexibility index (Phi) is 4.62. The van der Waals surface area contributed by atoms with Crippen LogP contribution in [-0.2, 0) is 19.4 Å². The third-order valence-electron chi connectivity index (χ3n) is 4.42. The van der Waals surface area contributed by atoms with E-state index in [1.165, 1.54) is 12.1 Å². The minimum atomic E-state index is -3.82. The maximum Gasteiger partial charge on any atom is 0.328 e. The van der Waals surface area contributed by atoms with Crippen LogP contribution in [0.5, 0.6) is 0 Å². The SMILES string of the molecule is CCOC(=O)[C@]1(N)[C@H](c2cccc(Cl)c2)[C@@H]1S(=O)(=O)c1ccccc1. The molecule has 0 heterocycles. The second-order valence-corrected chi connectivity index (χ2v) is 8.47. The maximum absolute atomic E-state index is 13.1. The van der Waals surface area contributed by atoms with Crippen LogP contribution in [-0.4, -0.2) is 31.8 Å². The molecule has 0 amide bonds. The van der Waals surface area contributed by atoms with Crippen molar-refractivity contribution in [1.82, 2.24) is 0 Å². The molecule has 132 valence electrons. The molecule has 2 N–H and O–H groups in total. The molecule has 0 bridgehead atoms. The molecule has 3 atom stereocenters. The van der Waals surface area contributed by atoms with Gasteiger partial charge >= 0.3 is 5.97 Å². The van der Waals surface area contributed by atoms with Gasteiger partial charge in [-0.2, -0.15) is 0 Å². The summed E-state index contributed by atoms with van der Waals surface area (Å²) in [5, 5.41) is -0.647. The molecule has 7 heteroatoms. The summed E-state index contributed by atoms with van der Waals surface area (Å²) in [4.78, 5) is 12.6. The monoisotopic (exact) mass is 379 g/mol. The van der Waals surface area contributed by atoms with Crippen LogP contribution in [0.4, 0.5) is 0 Å². The first-order valence-corrected chi connectivity index (χ1v) is 9.76. The first-order valence-electron chi connectivity index (χ1n) is 7.84. The fourth-order valence-corrected chi connectivity index (χ4v) is 5.66. The van der Waals surface area contributed by atoms with Gasteiger partial charge in [0, 0.05) is 10.9 Å². The molecule has 1 fully saturated rings. The molecule has 0 unspecified atom stereocenters. The van der Waals surface area contributed by atoms with E-state index < -0.39 is 32.5 Å². The Morgan fingerprint density at radius 3 is 2.48 bits per heavy atom. The lowest BCUT2D eigenvalue weighted by atomic mass is 10.1. The largest absolute Gasteiger partial charge is 0.465 e. The molecule has 25 heavy (non-hydrogen) atoms. The molecular formula is C18H18ClNO4S. The van der Waals surface area contributed by atoms with Crippen molar-refractivity contribution in [1.29, 1.82) is 0 Å². The number of esters is 1. The van der Waals surface area contributed by atoms with Gasteiger partial charge in [-0.3, -0.25) is 0 Å². The van der Waals surface area contributed by atoms with E-state index in [0.717, 1.165) is 0 Å². The average molecular weight is 380 g/mol. The van der Waals surface area contributed by atoms with Gasteiger partial charge in [-0.25, -0.2) is 13.2 Å². The third-order valence-corrected chi connectivity index (χ3v) is 6.92. The number of ether oxygens (including phenoxy) is 1. The van der Waals surface area contributed by atoms with Gasteiger partial charge in [0.05, 0.1) is 11.5 Å². The van der Waals surface area contributed by atoms with Crippen molar-refractivity contribution in [2.45, 2.75) is 28.5 Å². The van der Waals surface area contributed by atoms with E-state index >= 15 is 0 Å². The predicted octanol–water partition coefficient (Wildman–Crippen LogP) is 2.54. The van der Waals surface area contributed by atoms with Gasteiger partial charge in [0.25, 0.3) is 0 Å². The summed E-state index contributed by atoms with van der Waals surface area (Å²) in [6.07, 6.45) is 0. The normalized spacial score (nSPS) is 25.4. The Balaban J connectivity index is 2.08. The molecule has 1 aliphatic carbocycles. The van der Waals surface area contributed by atoms with Gasteiger partial charge in [0.2, 0.25) is 0 Å². The number of hydrogen-bond acceptors (Lipinski definition) is 5. The first-order chi connectivity index (χ1) is 11.8. The molecule has 0 spiro atoms. The van der Waals surface area contributed by atoms with Crippen LogP contribution >= 0.6 is 11.6 Å². The maximum atomic E-state index is 13.1. The van der Waals surface area contributed by atoms with Crippen LogP contribution < -0.4 is 5.73 Å². The fraction of sp³-hybridized carbons (Fsp3) is 0.278. The highest BCUT2D eigenvalue weighted by Crippen LogP contribution is 2.56. The van der Waals surface area contributed by atoms with E-state index in [2.05, 4.69) is 0 Å². The zero-order chi connectivity index (χ0) is 18.2. The lowest BCUT2D eigenvalue weighted by Crippen LogP contribution is -2.41. The second kappa shape index (κ2) is 6.44. The molecule has 3 rings (SSSR count). The summed E-state index contributed by atoms with van der Waals surface area (Å²) in [6, 6.07) is 14.7. The van der Waals surface area contributed by atoms with Crippen molar-refractivity contribution >= 4 is 27.4 Å². The highest BCUT2D eigenvalue weighted by Gasteiger charge is 2.74. The van der Waals surface area contributed by atoms with Crippen molar-refractivity contribution in [3.8, 4) is 0 Å². The summed E-state index contributed by atoms with van der Waals surface area (Å²) in [5.74, 6) is -1.43. The molecule has 0 aliphatic heterocycles. The van der Waals surface area contributed by atoms with Gasteiger partial charge < -0.3 is 10.5 Å². The number of sulfone groups is 1. The van der Waals surface area contributed by atoms with Crippen LogP contribution in [0, 0.1) is 0 Å². The zero-order valence-electron chi connectivity index (χ0n) is 13.6. The van der Waals surface area contributed by atoms with Crippen molar-refractivity contribution in [3.05, 3.63) is 65.2 Å². The van der Waals surface area contributed by atoms with Crippen LogP contribution in [0.2, 0.25) is 5.02 Å². The van der Waals surface area contributed by atoms with Crippen molar-refractivity contribution < 1.29 is 17.9 Å². The van der Waals surface area contributed by atoms with E-state index in [1.54, 1.807) is 49.4 Å². The Hall–Kier alpha value is -1.89. The molecule has 2 aromatic carbocycles. The van der Waals surface area contributed by atoms with Gasteiger partial charge in [0.15, 0.2) is 9.84 Å². The number of hydrogen-bond donors (Lipinski definition) is 1. The van der Waals surface area contributed by atoms with Crippen LogP contribution in [0.15, 0.2) is 59.5 Å². The molecule has 1 saturated carbocycles. The van der Waals surface area contributed by atoms with E-state index in [0.29, 0.717) is 10.6 Å². The van der Waals surface area contributed by atoms with Crippen molar-refractivity contribution in [3.63, 3.8) is 0 Å². The zero-order valence-corrected chi connectivity index (χ0v) is 15.1. The first kappa shape index (κ1) is 17.9. The number of carbonyl (C=O) groups is 1. The Morgan fingerprint density at radius 1 is 1.20 bits per heavy atom. The standard InChI is InChI=1S/C18H18ClNO4S/c1-2-24-17(21)18(20)15(12-7-6-8-13(19)11-12)16(18)25(22,23)14-9-4-3-5-10-14/h3-11,15-16H,2,20H2,1H3/t15-,16+,18+/m1/s1. The molecule has 0 aromatic heterocycles. The molecule has 0 radical (unpaired) electrons. The summed E-state index contributed by atoms with van der Waals surface area (Å²) in [7, 11) is -3.82. The number of rotatable bonds is 5. The van der Waals surface area contributed by atoms with E-state index in [9.17, 15) is 13.2 Å². The molecule has 5 nitrogen and oxygen atoms in total. The van der Waals surface area contributed by atoms with E-state index in [1.807, 2.05) is 0 Å². The minimum Gasteiger partial charge on any atom is -0.465 e. The van der Waals surface area contributed by atoms with Gasteiger partial charge in [0.1, 0.15) is 10.8 Å². The highest BCUT2D eigenvalue weighted by molar-refractivity contribution is 7.92. The molecule has 0 saturated heterocycles. The number of carbonyl (C=O) groups excluding carboxylic acids is 1. The fourth-order valence-electron chi connectivity index (χ4n) is 3.22. The topological polar surface area (TPSA) is 86.5 Å². The smallest absolute Gasteiger partial charge is 0.328 e. The predicted molar refractivity (Wildman–Crippen MR) is 95.2 cm³/mol. The highest BCUT2D eigenvalue weighted by atomic mass is 35.5. The minimum absolute atomic E-state index is 0.123. The van der Waals surface area contributed by atoms with E-state index in [4.69, 9.17) is 22.1 Å². The number of benzene rings is 2. The van der Waals surface area contributed by atoms with Crippen LogP contribution in [0.25, 0.3) is 0 Å². The van der Waals surface area contributed by atoms with Crippen molar-refractivity contribution in [2.24, 2.45) is 5.73 Å². The summed E-state index contributed by atoms with van der Waals surface area (Å²) >= 11 is 6.02. The number of nitrogens with two attached hydrogens (primary N) is 1. The molecule has 1 aliphatic rings. The van der Waals surface area contributed by atoms with Crippen molar-refractivity contribution in [2.75, 3.05) is 6.61 Å². The van der Waals surface area contributed by atoms with Crippen LogP contribution in [0.3, 0.4) is 0 Å². The molecule has 2 aromatic rings. The third kappa shape index (κ3) is 2.94. The van der Waals surface area contributed by atoms with Gasteiger partial charge in [-0.05, 0) is 36.8 Å². The summed E-state index contributed by atoms with van der Waals surface area (Å²) in [5.41, 5.74) is 5.25. The van der Waals surface area contributed by atoms with Gasteiger partial charge in [-0.15, -0.1) is 0 Å². The lowest BCUT2D eigenvalue weighted by Gasteiger charge is -2.11. The second-order valence-electron chi connectivity index (χ2n) is 5.96. The lowest BCUT2D eigenvalue weighted by molar-refractivity contribution is -0.145. The Morgan fingerprint density at radius 2 is 1.88 bits per heavy atom. The summed E-state index contributed by atoms with van der Waals surface area (Å²) < 4.78 is 31.2. The number of halogens is 1. The van der Waals surface area contributed by atoms with Gasteiger partial charge in [-0.1, -0.05) is 41.9 Å². The quantitative estimate of drug-likeness (QED) is 0.807. The Bertz CT molecular complexity index is 900. The molecular weight excluding hydrogens is 362 g/mol.